The minimum atomic E-state index is -2.77. The van der Waals surface area contributed by atoms with E-state index in [1.807, 2.05) is 6.08 Å². The van der Waals surface area contributed by atoms with Gasteiger partial charge in [-0.15, -0.1) is 0 Å². The van der Waals surface area contributed by atoms with Gasteiger partial charge in [0.25, 0.3) is 0 Å². The summed E-state index contributed by atoms with van der Waals surface area (Å²) in [5, 5.41) is 9.73. The Kier molecular flexibility index (Phi) is 12.9. The number of carboxylic acid groups (broad SMARTS) is 1. The van der Waals surface area contributed by atoms with Gasteiger partial charge in [-0.3, -0.25) is 14.4 Å². The van der Waals surface area contributed by atoms with Crippen LogP contribution >= 0.6 is 0 Å². The van der Waals surface area contributed by atoms with Gasteiger partial charge in [-0.05, 0) is 43.6 Å². The molecule has 8 nitrogen and oxygen atoms in total. The van der Waals surface area contributed by atoms with Crippen LogP contribution in [-0.4, -0.2) is 40.9 Å². The SMILES string of the molecule is CCCCCC/C=C/C1=CCC[C@@H]1C/C=C\CC(OC(C)=O)C(OC(C)=O)(OC(C)=O)C(=O)O. The van der Waals surface area contributed by atoms with Crippen LogP contribution in [0.3, 0.4) is 0 Å². The van der Waals surface area contributed by atoms with Crippen molar-refractivity contribution in [3.8, 4) is 0 Å². The summed E-state index contributed by atoms with van der Waals surface area (Å²) in [7, 11) is 0. The predicted octanol–water partition coefficient (Wildman–Crippen LogP) is 5.02. The number of hydrogen-bond donors (Lipinski definition) is 1. The highest BCUT2D eigenvalue weighted by molar-refractivity contribution is 5.84. The molecule has 0 amide bonds. The van der Waals surface area contributed by atoms with Crippen LogP contribution in [0.2, 0.25) is 0 Å². The summed E-state index contributed by atoms with van der Waals surface area (Å²) in [5.41, 5.74) is 1.29. The fourth-order valence-electron chi connectivity index (χ4n) is 3.92. The van der Waals surface area contributed by atoms with E-state index in [1.165, 1.54) is 31.3 Å². The number of aliphatic carboxylic acids is 1. The Morgan fingerprint density at radius 3 is 2.26 bits per heavy atom. The predicted molar refractivity (Wildman–Crippen MR) is 127 cm³/mol. The third-order valence-corrected chi connectivity index (χ3v) is 5.46. The lowest BCUT2D eigenvalue weighted by atomic mass is 9.96. The third kappa shape index (κ3) is 9.93. The largest absolute Gasteiger partial charge is 0.475 e. The van der Waals surface area contributed by atoms with E-state index in [2.05, 4.69) is 25.2 Å². The topological polar surface area (TPSA) is 116 Å². The second-order valence-corrected chi connectivity index (χ2v) is 8.43. The summed E-state index contributed by atoms with van der Waals surface area (Å²) in [6, 6.07) is 0. The van der Waals surface area contributed by atoms with Gasteiger partial charge in [0, 0.05) is 27.2 Å². The Hall–Kier alpha value is -2.90. The maximum atomic E-state index is 12.0. The van der Waals surface area contributed by atoms with Gasteiger partial charge in [0.2, 0.25) is 0 Å². The molecule has 1 N–H and O–H groups in total. The van der Waals surface area contributed by atoms with Crippen LogP contribution in [0.4, 0.5) is 0 Å². The van der Waals surface area contributed by atoms with Crippen molar-refractivity contribution in [1.82, 2.24) is 0 Å². The second kappa shape index (κ2) is 15.1. The summed E-state index contributed by atoms with van der Waals surface area (Å²) < 4.78 is 14.9. The van der Waals surface area contributed by atoms with Crippen LogP contribution in [0.5, 0.6) is 0 Å². The summed E-state index contributed by atoms with van der Waals surface area (Å²) >= 11 is 0. The van der Waals surface area contributed by atoms with Crippen LogP contribution < -0.4 is 0 Å². The third-order valence-electron chi connectivity index (χ3n) is 5.46. The maximum Gasteiger partial charge on any atom is 0.394 e. The fraction of sp³-hybridized carbons (Fsp3) is 0.615. The zero-order chi connectivity index (χ0) is 25.6. The number of unbranched alkanes of at least 4 members (excludes halogenated alkanes) is 4. The number of hydrogen-bond acceptors (Lipinski definition) is 7. The van der Waals surface area contributed by atoms with Crippen LogP contribution in [0.15, 0.2) is 36.0 Å². The number of rotatable bonds is 15. The first-order valence-corrected chi connectivity index (χ1v) is 11.9. The first-order valence-electron chi connectivity index (χ1n) is 11.9. The lowest BCUT2D eigenvalue weighted by Gasteiger charge is -2.33. The Labute approximate surface area is 202 Å². The molecule has 0 saturated carbocycles. The lowest BCUT2D eigenvalue weighted by molar-refractivity contribution is -0.263. The number of carboxylic acids is 1. The summed E-state index contributed by atoms with van der Waals surface area (Å²) in [5.74, 6) is -6.95. The monoisotopic (exact) mass is 478 g/mol. The van der Waals surface area contributed by atoms with E-state index >= 15 is 0 Å². The Morgan fingerprint density at radius 2 is 1.71 bits per heavy atom. The molecule has 1 aliphatic carbocycles. The molecule has 0 aromatic heterocycles. The molecule has 190 valence electrons. The standard InChI is InChI=1S/C26H38O8/c1-5-6-7-8-9-10-14-22-16-13-17-23(22)15-11-12-18-24(32-19(2)27)26(25(30)31,33-20(3)28)34-21(4)29/h10-12,14,16,23-24H,5-9,13,15,17-18H2,1-4H3,(H,30,31)/b12-11-,14-10+/t23-,24?/m0/s1. The zero-order valence-corrected chi connectivity index (χ0v) is 20.7. The van der Waals surface area contributed by atoms with Crippen molar-refractivity contribution in [3.63, 3.8) is 0 Å². The molecule has 0 heterocycles. The average Bonchev–Trinajstić information content (AvgIpc) is 3.18. The van der Waals surface area contributed by atoms with Crippen molar-refractivity contribution in [1.29, 1.82) is 0 Å². The maximum absolute atomic E-state index is 12.0. The van der Waals surface area contributed by atoms with Crippen LogP contribution in [0, 0.1) is 5.92 Å². The van der Waals surface area contributed by atoms with E-state index < -0.39 is 35.8 Å². The molecule has 34 heavy (non-hydrogen) atoms. The number of carbonyl (C=O) groups excluding carboxylic acids is 3. The van der Waals surface area contributed by atoms with Crippen molar-refractivity contribution in [2.75, 3.05) is 0 Å². The minimum absolute atomic E-state index is 0.120. The molecule has 1 unspecified atom stereocenters. The molecule has 0 radical (unpaired) electrons. The normalized spacial score (nSPS) is 16.9. The highest BCUT2D eigenvalue weighted by atomic mass is 16.8. The van der Waals surface area contributed by atoms with E-state index in [0.29, 0.717) is 5.92 Å². The molecule has 2 atom stereocenters. The first kappa shape index (κ1) is 29.1. The molecule has 0 aromatic rings. The molecular weight excluding hydrogens is 440 g/mol. The molecule has 0 spiro atoms. The van der Waals surface area contributed by atoms with Gasteiger partial charge < -0.3 is 19.3 Å². The number of ether oxygens (including phenoxy) is 3. The summed E-state index contributed by atoms with van der Waals surface area (Å²) in [6.07, 6.45) is 17.2. The number of esters is 3. The molecule has 0 aliphatic heterocycles. The van der Waals surface area contributed by atoms with Crippen molar-refractivity contribution in [3.05, 3.63) is 36.0 Å². The first-order chi connectivity index (χ1) is 16.1. The van der Waals surface area contributed by atoms with Crippen LogP contribution in [-0.2, 0) is 33.4 Å². The van der Waals surface area contributed by atoms with Crippen LogP contribution in [0.25, 0.3) is 0 Å². The van der Waals surface area contributed by atoms with E-state index in [4.69, 9.17) is 14.2 Å². The lowest BCUT2D eigenvalue weighted by Crippen LogP contribution is -2.57. The van der Waals surface area contributed by atoms with Crippen molar-refractivity contribution >= 4 is 23.9 Å². The molecule has 0 saturated heterocycles. The van der Waals surface area contributed by atoms with E-state index in [0.717, 1.165) is 46.5 Å². The van der Waals surface area contributed by atoms with Gasteiger partial charge in [-0.2, -0.15) is 0 Å². The Bertz CT molecular complexity index is 777. The van der Waals surface area contributed by atoms with Gasteiger partial charge in [-0.25, -0.2) is 4.79 Å². The highest BCUT2D eigenvalue weighted by Gasteiger charge is 2.55. The zero-order valence-electron chi connectivity index (χ0n) is 20.7. The molecule has 1 rings (SSSR count). The van der Waals surface area contributed by atoms with E-state index in [-0.39, 0.29) is 6.42 Å². The van der Waals surface area contributed by atoms with Gasteiger partial charge in [0.1, 0.15) is 0 Å². The molecule has 1 aliphatic rings. The van der Waals surface area contributed by atoms with Crippen LogP contribution in [0.1, 0.15) is 85.5 Å². The van der Waals surface area contributed by atoms with Gasteiger partial charge in [-0.1, -0.05) is 56.6 Å². The molecule has 8 heteroatoms. The molecule has 0 fully saturated rings. The second-order valence-electron chi connectivity index (χ2n) is 8.43. The average molecular weight is 479 g/mol. The molecular formula is C26H38O8. The number of allylic oxidation sites excluding steroid dienone is 5. The molecule has 0 bridgehead atoms. The van der Waals surface area contributed by atoms with Gasteiger partial charge in [0.15, 0.2) is 6.10 Å². The van der Waals surface area contributed by atoms with Crippen molar-refractivity contribution in [2.24, 2.45) is 5.92 Å². The van der Waals surface area contributed by atoms with Crippen molar-refractivity contribution in [2.45, 2.75) is 97.4 Å². The Balaban J connectivity index is 2.86. The Morgan fingerprint density at radius 1 is 1.03 bits per heavy atom. The molecule has 0 aromatic carbocycles. The van der Waals surface area contributed by atoms with Gasteiger partial charge >= 0.3 is 29.7 Å². The number of carbonyl (C=O) groups is 4. The fourth-order valence-corrected chi connectivity index (χ4v) is 3.92. The minimum Gasteiger partial charge on any atom is -0.475 e. The van der Waals surface area contributed by atoms with Gasteiger partial charge in [0.05, 0.1) is 0 Å². The summed E-state index contributed by atoms with van der Waals surface area (Å²) in [6.45, 7) is 5.25. The summed E-state index contributed by atoms with van der Waals surface area (Å²) in [4.78, 5) is 46.8. The van der Waals surface area contributed by atoms with Crippen molar-refractivity contribution < 1.29 is 38.5 Å². The highest BCUT2D eigenvalue weighted by Crippen LogP contribution is 2.31. The quantitative estimate of drug-likeness (QED) is 0.151. The van der Waals surface area contributed by atoms with E-state index in [9.17, 15) is 24.3 Å². The van der Waals surface area contributed by atoms with E-state index in [1.54, 1.807) is 6.08 Å². The smallest absolute Gasteiger partial charge is 0.394 e.